The van der Waals surface area contributed by atoms with Crippen LogP contribution >= 0.6 is 30.4 Å². The molecule has 6 atom stereocenters. The molecule has 6 unspecified atom stereocenters. The molecule has 0 aromatic carbocycles. The quantitative estimate of drug-likeness (QED) is 0.0379. The smallest absolute Gasteiger partial charge is 0.325 e. The molecule has 21 heteroatoms. The number of rotatable bonds is 23. The SMILES string of the molecule is C=C/C=C/CCOP(C)(=O)[O-].C=CC(=O)NCCCCOP(C)(=O)[O-].CP(=O)(O)OCCCCNC(=O)C1CCC=CC1CCOP(C)(=O)O.O. The Morgan fingerprint density at radius 2 is 1.33 bits per heavy atom. The third-order valence-corrected chi connectivity index (χ3v) is 8.75. The molecule has 0 heterocycles. The molecule has 0 saturated carbocycles. The molecule has 0 fully saturated rings. The second-order valence-electron chi connectivity index (χ2n) is 11.2. The predicted octanol–water partition coefficient (Wildman–Crippen LogP) is 3.28. The van der Waals surface area contributed by atoms with Crippen molar-refractivity contribution >= 4 is 42.2 Å². The summed E-state index contributed by atoms with van der Waals surface area (Å²) in [5, 5.41) is 5.45. The molecule has 0 spiro atoms. The van der Waals surface area contributed by atoms with Gasteiger partial charge in [-0.25, -0.2) is 0 Å². The lowest BCUT2D eigenvalue weighted by atomic mass is 9.81. The molecule has 1 aliphatic carbocycles. The lowest BCUT2D eigenvalue weighted by Crippen LogP contribution is -2.36. The van der Waals surface area contributed by atoms with E-state index in [1.807, 2.05) is 12.2 Å². The van der Waals surface area contributed by atoms with Crippen molar-refractivity contribution in [2.75, 3.05) is 66.2 Å². The van der Waals surface area contributed by atoms with Crippen molar-refractivity contribution in [2.24, 2.45) is 11.8 Å². The number of carbonyl (C=O) groups excluding carboxylic acids is 2. The van der Waals surface area contributed by atoms with Crippen LogP contribution in [0.5, 0.6) is 0 Å². The van der Waals surface area contributed by atoms with Gasteiger partial charge in [0.2, 0.25) is 11.8 Å². The first-order valence-electron chi connectivity index (χ1n) is 16.0. The molecule has 0 aromatic heterocycles. The van der Waals surface area contributed by atoms with Crippen LogP contribution in [0.1, 0.15) is 51.4 Å². The van der Waals surface area contributed by atoms with Gasteiger partial charge < -0.3 is 62.9 Å². The minimum absolute atomic E-state index is 0. The number of carbonyl (C=O) groups is 2. The molecular weight excluding hydrogens is 752 g/mol. The topological polar surface area (TPSA) is 281 Å². The van der Waals surface area contributed by atoms with Gasteiger partial charge in [0.15, 0.2) is 0 Å². The van der Waals surface area contributed by atoms with E-state index >= 15 is 0 Å². The molecule has 2 amide bonds. The summed E-state index contributed by atoms with van der Waals surface area (Å²) in [5.41, 5.74) is 0. The normalized spacial score (nSPS) is 19.8. The van der Waals surface area contributed by atoms with Crippen molar-refractivity contribution in [3.8, 4) is 0 Å². The van der Waals surface area contributed by atoms with Crippen molar-refractivity contribution in [3.05, 3.63) is 49.6 Å². The van der Waals surface area contributed by atoms with E-state index in [2.05, 4.69) is 32.8 Å². The first-order valence-corrected chi connectivity index (χ1v) is 24.0. The van der Waals surface area contributed by atoms with Crippen LogP contribution in [0.3, 0.4) is 0 Å². The van der Waals surface area contributed by atoms with E-state index in [4.69, 9.17) is 18.8 Å². The molecule has 17 nitrogen and oxygen atoms in total. The molecule has 0 radical (unpaired) electrons. The highest BCUT2D eigenvalue weighted by atomic mass is 31.2. The fourth-order valence-corrected chi connectivity index (χ4v) is 5.71. The second kappa shape index (κ2) is 29.9. The van der Waals surface area contributed by atoms with Crippen LogP contribution in [0.2, 0.25) is 0 Å². The van der Waals surface area contributed by atoms with Gasteiger partial charge in [-0.05, 0) is 63.4 Å². The van der Waals surface area contributed by atoms with E-state index in [0.717, 1.165) is 39.5 Å². The summed E-state index contributed by atoms with van der Waals surface area (Å²) in [6.07, 6.45) is 15.5. The van der Waals surface area contributed by atoms with E-state index in [-0.39, 0.29) is 55.6 Å². The Labute approximate surface area is 302 Å². The Morgan fingerprint density at radius 3 is 1.84 bits per heavy atom. The average molecular weight is 811 g/mol. The summed E-state index contributed by atoms with van der Waals surface area (Å²) >= 11 is 0. The van der Waals surface area contributed by atoms with E-state index in [1.54, 1.807) is 18.2 Å². The summed E-state index contributed by atoms with van der Waals surface area (Å²) in [6, 6.07) is 0. The Bertz CT molecular complexity index is 1240. The molecule has 0 aliphatic heterocycles. The second-order valence-corrected chi connectivity index (χ2v) is 18.5. The Morgan fingerprint density at radius 1 is 0.824 bits per heavy atom. The van der Waals surface area contributed by atoms with E-state index < -0.39 is 30.4 Å². The minimum Gasteiger partial charge on any atom is -0.779 e. The highest BCUT2D eigenvalue weighted by molar-refractivity contribution is 7.52. The maximum absolute atomic E-state index is 12.4. The number of unbranched alkanes of at least 4 members (excludes halogenated alkanes) is 2. The number of allylic oxidation sites excluding steroid dienone is 4. The fraction of sp³-hybridized carbons (Fsp3) is 0.667. The summed E-state index contributed by atoms with van der Waals surface area (Å²) in [4.78, 5) is 62.1. The average Bonchev–Trinajstić information content (AvgIpc) is 2.99. The first-order chi connectivity index (χ1) is 23.1. The van der Waals surface area contributed by atoms with Gasteiger partial charge in [-0.2, -0.15) is 0 Å². The third kappa shape index (κ3) is 41.1. The predicted molar refractivity (Wildman–Crippen MR) is 195 cm³/mol. The fourth-order valence-electron chi connectivity index (χ4n) is 3.90. The summed E-state index contributed by atoms with van der Waals surface area (Å²) in [5.74, 6) is -0.449. The van der Waals surface area contributed by atoms with Gasteiger partial charge in [-0.3, -0.25) is 18.7 Å². The van der Waals surface area contributed by atoms with Crippen molar-refractivity contribution in [3.63, 3.8) is 0 Å². The molecule has 300 valence electrons. The Balaban J connectivity index is -0.000000750. The number of hydrogen-bond donors (Lipinski definition) is 4. The van der Waals surface area contributed by atoms with Gasteiger partial charge in [0, 0.05) is 45.7 Å². The van der Waals surface area contributed by atoms with Crippen molar-refractivity contribution in [1.82, 2.24) is 10.6 Å². The van der Waals surface area contributed by atoms with Crippen LogP contribution in [-0.2, 0) is 45.9 Å². The van der Waals surface area contributed by atoms with Crippen molar-refractivity contribution in [2.45, 2.75) is 51.4 Å². The highest BCUT2D eigenvalue weighted by Gasteiger charge is 2.28. The molecule has 6 N–H and O–H groups in total. The summed E-state index contributed by atoms with van der Waals surface area (Å²) < 4.78 is 61.8. The van der Waals surface area contributed by atoms with E-state index in [0.29, 0.717) is 51.6 Å². The Kier molecular flexibility index (Phi) is 31.5. The molecule has 51 heavy (non-hydrogen) atoms. The maximum atomic E-state index is 12.4. The van der Waals surface area contributed by atoms with Crippen LogP contribution in [0.25, 0.3) is 0 Å². The maximum Gasteiger partial charge on any atom is 0.325 e. The van der Waals surface area contributed by atoms with Crippen LogP contribution in [0.15, 0.2) is 49.6 Å². The summed E-state index contributed by atoms with van der Waals surface area (Å²) in [7, 11) is -14.0. The van der Waals surface area contributed by atoms with Crippen LogP contribution in [0, 0.1) is 11.8 Å². The number of nitrogens with one attached hydrogen (secondary N) is 2. The lowest BCUT2D eigenvalue weighted by Gasteiger charge is -2.27. The highest BCUT2D eigenvalue weighted by Crippen LogP contribution is 2.38. The van der Waals surface area contributed by atoms with Gasteiger partial charge in [-0.1, -0.05) is 43.5 Å². The van der Waals surface area contributed by atoms with Gasteiger partial charge in [-0.15, -0.1) is 0 Å². The molecule has 0 bridgehead atoms. The standard InChI is InChI=1S/C15H29NO7P2.C8H16NO4P.C7H13O3P.H2O/c1-24(18,19)22-11-6-5-10-16-15(17)14-8-4-3-7-13(14)9-12-23-25(2,20)21;1-3-8(10)9-6-4-5-7-13-14(2,11)12;1-3-4-5-6-7-10-11(2,8)9;/h3,7,13-14H,4-6,8-12H2,1-2H3,(H,16,17)(H,18,19)(H,20,21);3H,1,4-7H2,2H3,(H,9,10)(H,11,12);3-5H,1,6-7H2,2H3,(H,8,9);1H2/p-2/b;;5-4+;. The van der Waals surface area contributed by atoms with E-state index in [9.17, 15) is 37.6 Å². The van der Waals surface area contributed by atoms with Crippen LogP contribution in [-0.4, -0.2) is 93.3 Å². The largest absolute Gasteiger partial charge is 0.779 e. The zero-order valence-electron chi connectivity index (χ0n) is 30.0. The van der Waals surface area contributed by atoms with Gasteiger partial charge >= 0.3 is 15.2 Å². The number of amides is 2. The number of hydrogen-bond acceptors (Lipinski definition) is 12. The van der Waals surface area contributed by atoms with Crippen LogP contribution < -0.4 is 20.4 Å². The van der Waals surface area contributed by atoms with Crippen molar-refractivity contribution < 1.29 is 71.0 Å². The zero-order valence-corrected chi connectivity index (χ0v) is 33.6. The minimum atomic E-state index is -3.59. The molecule has 0 aromatic rings. The zero-order chi connectivity index (χ0) is 38.7. The van der Waals surface area contributed by atoms with Gasteiger partial charge in [0.25, 0.3) is 0 Å². The van der Waals surface area contributed by atoms with Crippen LogP contribution in [0.4, 0.5) is 0 Å². The Hall–Kier alpha value is -1.54. The van der Waals surface area contributed by atoms with Gasteiger partial charge in [0.05, 0.1) is 26.4 Å². The first kappa shape index (κ1) is 53.8. The monoisotopic (exact) mass is 810 g/mol. The van der Waals surface area contributed by atoms with E-state index in [1.165, 1.54) is 6.08 Å². The van der Waals surface area contributed by atoms with Crippen molar-refractivity contribution in [1.29, 1.82) is 0 Å². The molecule has 1 rings (SSSR count). The third-order valence-electron chi connectivity index (χ3n) is 6.13. The molecular formula is C30H58N2O15P4-2. The molecule has 0 saturated heterocycles. The van der Waals surface area contributed by atoms with Gasteiger partial charge in [0.1, 0.15) is 15.2 Å². The molecule has 1 aliphatic rings. The lowest BCUT2D eigenvalue weighted by molar-refractivity contribution is -0.197. The summed E-state index contributed by atoms with van der Waals surface area (Å²) in [6.45, 7) is 12.8.